The summed E-state index contributed by atoms with van der Waals surface area (Å²) in [5.41, 5.74) is 1.18. The summed E-state index contributed by atoms with van der Waals surface area (Å²) in [6, 6.07) is 16.6. The lowest BCUT2D eigenvalue weighted by molar-refractivity contribution is 0.269. The van der Waals surface area contributed by atoms with Crippen LogP contribution in [0, 0.1) is 0 Å². The van der Waals surface area contributed by atoms with Crippen LogP contribution in [-0.4, -0.2) is 14.7 Å². The average Bonchev–Trinajstić information content (AvgIpc) is 2.46. The molecule has 0 saturated heterocycles. The molecule has 2 nitrogen and oxygen atoms in total. The van der Waals surface area contributed by atoms with Crippen molar-refractivity contribution in [1.29, 1.82) is 0 Å². The Morgan fingerprint density at radius 2 is 1.38 bits per heavy atom. The van der Waals surface area contributed by atoms with E-state index in [4.69, 9.17) is 9.47 Å². The van der Waals surface area contributed by atoms with Gasteiger partial charge in [0.05, 0.1) is 14.7 Å². The molecule has 112 valence electrons. The first kappa shape index (κ1) is 15.6. The molecule has 0 bridgehead atoms. The third-order valence-corrected chi connectivity index (χ3v) is 5.43. The Kier molecular flexibility index (Phi) is 5.07. The number of para-hydroxylation sites is 2. The first-order chi connectivity index (χ1) is 10.0. The van der Waals surface area contributed by atoms with E-state index in [1.807, 2.05) is 31.2 Å². The number of ether oxygens (including phenoxy) is 2. The Bertz CT molecular complexity index is 571. The molecule has 0 radical (unpaired) electrons. The lowest BCUT2D eigenvalue weighted by Gasteiger charge is -2.17. The monoisotopic (exact) mass is 300 g/mol. The molecule has 3 heteroatoms. The van der Waals surface area contributed by atoms with Crippen LogP contribution in [-0.2, 0) is 6.61 Å². The highest BCUT2D eigenvalue weighted by molar-refractivity contribution is 6.88. The minimum absolute atomic E-state index is 0.566. The molecule has 2 aromatic carbocycles. The Hall–Kier alpha value is -1.74. The van der Waals surface area contributed by atoms with Crippen molar-refractivity contribution in [3.05, 3.63) is 54.1 Å². The van der Waals surface area contributed by atoms with Gasteiger partial charge in [-0.3, -0.25) is 0 Å². The van der Waals surface area contributed by atoms with Crippen molar-refractivity contribution in [1.82, 2.24) is 0 Å². The molecule has 0 heterocycles. The second kappa shape index (κ2) is 6.81. The zero-order valence-corrected chi connectivity index (χ0v) is 14.3. The second-order valence-electron chi connectivity index (χ2n) is 6.12. The molecule has 0 aliphatic heterocycles. The van der Waals surface area contributed by atoms with Gasteiger partial charge in [-0.05, 0) is 24.6 Å². The van der Waals surface area contributed by atoms with Gasteiger partial charge in [0.2, 0.25) is 0 Å². The van der Waals surface area contributed by atoms with Crippen molar-refractivity contribution in [3.63, 3.8) is 0 Å². The molecule has 0 aliphatic rings. The third-order valence-electron chi connectivity index (χ3n) is 3.36. The zero-order valence-electron chi connectivity index (χ0n) is 13.3. The van der Waals surface area contributed by atoms with E-state index in [2.05, 4.69) is 43.9 Å². The van der Waals surface area contributed by atoms with Crippen LogP contribution in [0.1, 0.15) is 12.5 Å². The van der Waals surface area contributed by atoms with Crippen LogP contribution < -0.4 is 14.7 Å². The van der Waals surface area contributed by atoms with Crippen LogP contribution in [0.4, 0.5) is 0 Å². The maximum atomic E-state index is 5.89. The highest BCUT2D eigenvalue weighted by atomic mass is 28.3. The van der Waals surface area contributed by atoms with Gasteiger partial charge in [0.1, 0.15) is 6.61 Å². The van der Waals surface area contributed by atoms with Gasteiger partial charge < -0.3 is 9.47 Å². The van der Waals surface area contributed by atoms with Crippen molar-refractivity contribution in [2.75, 3.05) is 6.61 Å². The molecule has 0 aliphatic carbocycles. The fraction of sp³-hybridized carbons (Fsp3) is 0.333. The lowest BCUT2D eigenvalue weighted by Crippen LogP contribution is -2.37. The van der Waals surface area contributed by atoms with Gasteiger partial charge >= 0.3 is 0 Å². The van der Waals surface area contributed by atoms with Crippen molar-refractivity contribution in [2.45, 2.75) is 33.2 Å². The van der Waals surface area contributed by atoms with Crippen LogP contribution in [0.25, 0.3) is 0 Å². The molecule has 21 heavy (non-hydrogen) atoms. The van der Waals surface area contributed by atoms with E-state index >= 15 is 0 Å². The van der Waals surface area contributed by atoms with Crippen LogP contribution in [0.5, 0.6) is 11.5 Å². The SMILES string of the molecule is CCOc1ccccc1OCc1ccc([Si](C)(C)C)cc1. The summed E-state index contributed by atoms with van der Waals surface area (Å²) in [6.07, 6.45) is 0. The van der Waals surface area contributed by atoms with Gasteiger partial charge in [0.25, 0.3) is 0 Å². The first-order valence-corrected chi connectivity index (χ1v) is 10.9. The van der Waals surface area contributed by atoms with E-state index in [0.29, 0.717) is 13.2 Å². The molecule has 0 unspecified atom stereocenters. The van der Waals surface area contributed by atoms with Gasteiger partial charge in [-0.15, -0.1) is 0 Å². The predicted octanol–water partition coefficient (Wildman–Crippen LogP) is 4.21. The standard InChI is InChI=1S/C18H24O2Si/c1-5-19-17-8-6-7-9-18(17)20-14-15-10-12-16(13-11-15)21(2,3)4/h6-13H,5,14H2,1-4H3. The van der Waals surface area contributed by atoms with E-state index in [0.717, 1.165) is 11.5 Å². The Balaban J connectivity index is 2.03. The van der Waals surface area contributed by atoms with Crippen molar-refractivity contribution in [3.8, 4) is 11.5 Å². The number of hydrogen-bond donors (Lipinski definition) is 0. The molecular formula is C18H24O2Si. The van der Waals surface area contributed by atoms with Gasteiger partial charge in [-0.1, -0.05) is 61.2 Å². The van der Waals surface area contributed by atoms with E-state index in [1.165, 1.54) is 10.8 Å². The van der Waals surface area contributed by atoms with Crippen molar-refractivity contribution < 1.29 is 9.47 Å². The topological polar surface area (TPSA) is 18.5 Å². The van der Waals surface area contributed by atoms with Gasteiger partial charge in [-0.2, -0.15) is 0 Å². The summed E-state index contributed by atoms with van der Waals surface area (Å²) in [5.74, 6) is 1.60. The maximum absolute atomic E-state index is 5.89. The minimum Gasteiger partial charge on any atom is -0.490 e. The smallest absolute Gasteiger partial charge is 0.161 e. The zero-order chi connectivity index (χ0) is 15.3. The normalized spacial score (nSPS) is 11.2. The highest BCUT2D eigenvalue weighted by Gasteiger charge is 2.15. The van der Waals surface area contributed by atoms with E-state index in [9.17, 15) is 0 Å². The summed E-state index contributed by atoms with van der Waals surface area (Å²) in [7, 11) is -1.22. The first-order valence-electron chi connectivity index (χ1n) is 7.44. The molecule has 0 aromatic heterocycles. The summed E-state index contributed by atoms with van der Waals surface area (Å²) in [5, 5.41) is 1.47. The van der Waals surface area contributed by atoms with Gasteiger partial charge in [-0.25, -0.2) is 0 Å². The number of benzene rings is 2. The molecule has 2 aromatic rings. The lowest BCUT2D eigenvalue weighted by atomic mass is 10.2. The molecule has 0 amide bonds. The molecule has 0 fully saturated rings. The Morgan fingerprint density at radius 3 is 1.90 bits per heavy atom. The average molecular weight is 300 g/mol. The van der Waals surface area contributed by atoms with E-state index in [1.54, 1.807) is 0 Å². The Labute approximate surface area is 128 Å². The minimum atomic E-state index is -1.22. The van der Waals surface area contributed by atoms with Crippen LogP contribution >= 0.6 is 0 Å². The Morgan fingerprint density at radius 1 is 0.810 bits per heavy atom. The second-order valence-corrected chi connectivity index (χ2v) is 11.2. The summed E-state index contributed by atoms with van der Waals surface area (Å²) in [4.78, 5) is 0. The van der Waals surface area contributed by atoms with Gasteiger partial charge in [0.15, 0.2) is 11.5 Å². The molecule has 0 atom stereocenters. The van der Waals surface area contributed by atoms with Crippen molar-refractivity contribution in [2.24, 2.45) is 0 Å². The van der Waals surface area contributed by atoms with Gasteiger partial charge in [0, 0.05) is 0 Å². The fourth-order valence-corrected chi connectivity index (χ4v) is 3.27. The van der Waals surface area contributed by atoms with Crippen LogP contribution in [0.3, 0.4) is 0 Å². The quantitative estimate of drug-likeness (QED) is 0.744. The molecular weight excluding hydrogens is 276 g/mol. The molecule has 0 spiro atoms. The highest BCUT2D eigenvalue weighted by Crippen LogP contribution is 2.27. The molecule has 2 rings (SSSR count). The summed E-state index contributed by atoms with van der Waals surface area (Å²) < 4.78 is 11.5. The summed E-state index contributed by atoms with van der Waals surface area (Å²) >= 11 is 0. The number of rotatable bonds is 6. The van der Waals surface area contributed by atoms with E-state index < -0.39 is 8.07 Å². The van der Waals surface area contributed by atoms with Crippen molar-refractivity contribution >= 4 is 13.3 Å². The predicted molar refractivity (Wildman–Crippen MR) is 91.4 cm³/mol. The fourth-order valence-electron chi connectivity index (χ4n) is 2.11. The maximum Gasteiger partial charge on any atom is 0.161 e. The third kappa shape index (κ3) is 4.36. The number of hydrogen-bond acceptors (Lipinski definition) is 2. The molecule has 0 N–H and O–H groups in total. The van der Waals surface area contributed by atoms with E-state index in [-0.39, 0.29) is 0 Å². The van der Waals surface area contributed by atoms with Crippen LogP contribution in [0.15, 0.2) is 48.5 Å². The summed E-state index contributed by atoms with van der Waals surface area (Å²) in [6.45, 7) is 10.3. The largest absolute Gasteiger partial charge is 0.490 e. The van der Waals surface area contributed by atoms with Crippen LogP contribution in [0.2, 0.25) is 19.6 Å². The molecule has 0 saturated carbocycles.